The van der Waals surface area contributed by atoms with Gasteiger partial charge in [-0.05, 0) is 111 Å². The average molecular weight is 972 g/mol. The third-order valence-corrected chi connectivity index (χ3v) is 12.3. The number of amidine groups is 1. The summed E-state index contributed by atoms with van der Waals surface area (Å²) in [5.74, 6) is -1.25. The molecule has 0 unspecified atom stereocenters. The largest absolute Gasteiger partial charge is 0.495 e. The SMILES string of the molecule is CCn1nc(C)cc1C(=O)N=C1Cc2cc(C(N)=O)cc(OC)c2N1C/C=C/Cn1c(NC(=O)c2cc(C)nn2CC)nc2cc(C(N)=O)cc(OCCCOP(=O)(OC(C)(C)C)OC(C)(C)C)c21. The van der Waals surface area contributed by atoms with Crippen LogP contribution in [0.3, 0.4) is 0 Å². The molecule has 0 spiro atoms. The fourth-order valence-corrected chi connectivity index (χ4v) is 9.48. The number of nitrogens with zero attached hydrogens (tertiary/aromatic N) is 8. The Morgan fingerprint density at radius 2 is 1.39 bits per heavy atom. The number of phosphoric ester groups is 1. The molecule has 3 aromatic heterocycles. The van der Waals surface area contributed by atoms with Crippen LogP contribution < -0.4 is 31.2 Å². The summed E-state index contributed by atoms with van der Waals surface area (Å²) in [7, 11) is -2.53. The third kappa shape index (κ3) is 12.5. The molecule has 370 valence electrons. The van der Waals surface area contributed by atoms with Crippen LogP contribution in [0.4, 0.5) is 11.6 Å². The van der Waals surface area contributed by atoms with Gasteiger partial charge in [-0.25, -0.2) is 9.55 Å². The number of nitrogens with two attached hydrogens (primary N) is 2. The van der Waals surface area contributed by atoms with Crippen LogP contribution in [-0.2, 0) is 44.2 Å². The molecule has 0 aliphatic carbocycles. The highest BCUT2D eigenvalue weighted by atomic mass is 31.2. The van der Waals surface area contributed by atoms with Crippen molar-refractivity contribution < 1.29 is 46.8 Å². The van der Waals surface area contributed by atoms with Gasteiger partial charge in [0.05, 0.1) is 54.1 Å². The molecule has 1 aliphatic rings. The minimum Gasteiger partial charge on any atom is -0.495 e. The Bertz CT molecular complexity index is 2860. The van der Waals surface area contributed by atoms with Gasteiger partial charge in [-0.15, -0.1) is 0 Å². The van der Waals surface area contributed by atoms with Gasteiger partial charge >= 0.3 is 7.82 Å². The number of amides is 4. The molecule has 0 fully saturated rings. The number of carbonyl (C=O) groups excluding carboxylic acids is 4. The summed E-state index contributed by atoms with van der Waals surface area (Å²) < 4.78 is 47.8. The number of rotatable bonds is 20. The minimum atomic E-state index is -4.01. The van der Waals surface area contributed by atoms with E-state index in [4.69, 9.17) is 39.5 Å². The van der Waals surface area contributed by atoms with Crippen molar-refractivity contribution in [2.24, 2.45) is 16.5 Å². The topological polar surface area (TPSA) is 265 Å². The van der Waals surface area contributed by atoms with Crippen LogP contribution in [0.15, 0.2) is 53.5 Å². The Morgan fingerprint density at radius 1 is 0.812 bits per heavy atom. The molecule has 0 radical (unpaired) electrons. The Balaban J connectivity index is 1.36. The molecule has 0 saturated heterocycles. The van der Waals surface area contributed by atoms with Crippen LogP contribution in [0.1, 0.15) is 120 Å². The van der Waals surface area contributed by atoms with Gasteiger partial charge in [0.2, 0.25) is 17.8 Å². The van der Waals surface area contributed by atoms with E-state index in [2.05, 4.69) is 20.5 Å². The van der Waals surface area contributed by atoms with E-state index in [0.717, 1.165) is 0 Å². The van der Waals surface area contributed by atoms with E-state index in [9.17, 15) is 23.7 Å². The second-order valence-corrected chi connectivity index (χ2v) is 19.7. The highest BCUT2D eigenvalue weighted by Gasteiger charge is 2.37. The molecule has 5 N–H and O–H groups in total. The van der Waals surface area contributed by atoms with E-state index in [1.165, 1.54) is 19.2 Å². The Labute approximate surface area is 400 Å². The Morgan fingerprint density at radius 3 is 1.99 bits per heavy atom. The van der Waals surface area contributed by atoms with Crippen molar-refractivity contribution in [3.05, 3.63) is 88.0 Å². The van der Waals surface area contributed by atoms with Crippen LogP contribution in [0.2, 0.25) is 0 Å². The maximum atomic E-state index is 13.9. The van der Waals surface area contributed by atoms with E-state index < -0.39 is 42.7 Å². The lowest BCUT2D eigenvalue weighted by atomic mass is 10.1. The van der Waals surface area contributed by atoms with Crippen LogP contribution in [0.25, 0.3) is 11.0 Å². The minimum absolute atomic E-state index is 0.0210. The van der Waals surface area contributed by atoms with Crippen molar-refractivity contribution in [1.82, 2.24) is 29.1 Å². The third-order valence-electron chi connectivity index (χ3n) is 10.3. The predicted octanol–water partition coefficient (Wildman–Crippen LogP) is 6.93. The summed E-state index contributed by atoms with van der Waals surface area (Å²) >= 11 is 0. The summed E-state index contributed by atoms with van der Waals surface area (Å²) in [6.07, 6.45) is 4.09. The number of aryl methyl sites for hydroxylation is 4. The summed E-state index contributed by atoms with van der Waals surface area (Å²) in [5.41, 5.74) is 14.1. The maximum absolute atomic E-state index is 13.9. The first kappa shape index (κ1) is 51.7. The van der Waals surface area contributed by atoms with Gasteiger partial charge in [0.25, 0.3) is 11.8 Å². The first-order chi connectivity index (χ1) is 32.4. The van der Waals surface area contributed by atoms with Crippen molar-refractivity contribution in [2.75, 3.05) is 37.1 Å². The van der Waals surface area contributed by atoms with E-state index >= 15 is 0 Å². The molecule has 4 amide bonds. The van der Waals surface area contributed by atoms with Crippen LogP contribution >= 0.6 is 7.82 Å². The second-order valence-electron chi connectivity index (χ2n) is 18.2. The molecule has 0 bridgehead atoms. The van der Waals surface area contributed by atoms with E-state index in [0.29, 0.717) is 69.7 Å². The van der Waals surface area contributed by atoms with Crippen molar-refractivity contribution >= 4 is 60.0 Å². The predicted molar refractivity (Wildman–Crippen MR) is 260 cm³/mol. The highest BCUT2D eigenvalue weighted by molar-refractivity contribution is 7.48. The molecule has 21 nitrogen and oxygen atoms in total. The highest BCUT2D eigenvalue weighted by Crippen LogP contribution is 2.55. The lowest BCUT2D eigenvalue weighted by molar-refractivity contribution is 0.00231. The number of carbonyl (C=O) groups is 4. The van der Waals surface area contributed by atoms with Crippen molar-refractivity contribution in [3.8, 4) is 11.5 Å². The quantitative estimate of drug-likeness (QED) is 0.0406. The summed E-state index contributed by atoms with van der Waals surface area (Å²) in [5, 5.41) is 11.8. The molecule has 69 heavy (non-hydrogen) atoms. The number of phosphoric acid groups is 1. The number of benzene rings is 2. The van der Waals surface area contributed by atoms with Crippen LogP contribution in [0.5, 0.6) is 11.5 Å². The zero-order chi connectivity index (χ0) is 50.6. The first-order valence-corrected chi connectivity index (χ1v) is 24.0. The molecule has 5 aromatic rings. The fourth-order valence-electron chi connectivity index (χ4n) is 7.64. The van der Waals surface area contributed by atoms with Crippen LogP contribution in [0, 0.1) is 13.8 Å². The van der Waals surface area contributed by atoms with Gasteiger partial charge in [-0.3, -0.25) is 47.4 Å². The zero-order valence-electron chi connectivity index (χ0n) is 41.0. The van der Waals surface area contributed by atoms with Gasteiger partial charge in [-0.1, -0.05) is 12.2 Å². The molecule has 22 heteroatoms. The van der Waals surface area contributed by atoms with E-state index in [1.807, 2.05) is 30.9 Å². The fraction of sp³-hybridized carbons (Fsp3) is 0.447. The van der Waals surface area contributed by atoms with E-state index in [1.54, 1.807) is 93.6 Å². The average Bonchev–Trinajstić information content (AvgIpc) is 4.02. The van der Waals surface area contributed by atoms with Gasteiger partial charge in [0, 0.05) is 50.1 Å². The summed E-state index contributed by atoms with van der Waals surface area (Å²) in [6, 6.07) is 9.55. The van der Waals surface area contributed by atoms with Gasteiger partial charge in [0.15, 0.2) is 0 Å². The molecular weight excluding hydrogens is 910 g/mol. The number of nitrogens with one attached hydrogen (secondary N) is 1. The number of primary amides is 2. The number of imidazole rings is 1. The number of allylic oxidation sites excluding steroid dienone is 1. The van der Waals surface area contributed by atoms with Crippen molar-refractivity contribution in [2.45, 2.75) is 113 Å². The lowest BCUT2D eigenvalue weighted by Gasteiger charge is -2.30. The number of fused-ring (bicyclic) bond motifs is 2. The number of aromatic nitrogens is 6. The molecule has 6 rings (SSSR count). The smallest absolute Gasteiger partial charge is 0.475 e. The first-order valence-electron chi connectivity index (χ1n) is 22.5. The van der Waals surface area contributed by atoms with Gasteiger partial charge in [0.1, 0.15) is 34.2 Å². The van der Waals surface area contributed by atoms with Crippen molar-refractivity contribution in [3.63, 3.8) is 0 Å². The number of ether oxygens (including phenoxy) is 2. The standard InChI is InChI=1S/C47H62N11O10P/c1-12-57-34(21-28(3)53-57)43(61)51-38-27-30-23-31(41(48)59)25-36(64-11)39(30)55(38)17-14-15-18-56-40-33(50-45(56)52-44(62)35-22-29(4)54-58(35)13-2)24-32(42(49)60)26-37(40)65-19-16-20-66-69(63,67-46(5,6)7)68-47(8,9)10/h14-15,21-26H,12-13,16-20,27H2,1-11H3,(H2,48,59)(H2,49,60)(H,50,52,62)/b15-14+,51-38?. The van der Waals surface area contributed by atoms with Crippen LogP contribution in [-0.4, -0.2) is 96.6 Å². The Hall–Kier alpha value is -6.67. The van der Waals surface area contributed by atoms with E-state index in [-0.39, 0.29) is 62.0 Å². The maximum Gasteiger partial charge on any atom is 0.475 e. The normalized spacial score (nSPS) is 13.7. The summed E-state index contributed by atoms with van der Waals surface area (Å²) in [4.78, 5) is 63.8. The number of hydrogen-bond donors (Lipinski definition) is 3. The molecule has 0 atom stereocenters. The number of hydrogen-bond acceptors (Lipinski definition) is 13. The molecule has 2 aromatic carbocycles. The Kier molecular flexibility index (Phi) is 15.7. The zero-order valence-corrected chi connectivity index (χ0v) is 41.9. The lowest BCUT2D eigenvalue weighted by Crippen LogP contribution is -2.29. The van der Waals surface area contributed by atoms with Gasteiger partial charge < -0.3 is 30.4 Å². The monoisotopic (exact) mass is 971 g/mol. The molecule has 1 aliphatic heterocycles. The molecule has 4 heterocycles. The number of aliphatic imine (C=N–C) groups is 1. The summed E-state index contributed by atoms with van der Waals surface area (Å²) in [6.45, 7) is 18.9. The number of methoxy groups -OCH3 is 1. The van der Waals surface area contributed by atoms with Crippen molar-refractivity contribution in [1.29, 1.82) is 0 Å². The van der Waals surface area contributed by atoms with Gasteiger partial charge in [-0.2, -0.15) is 15.2 Å². The molecule has 0 saturated carbocycles. The second kappa shape index (κ2) is 20.9. The molecular formula is C47H62N11O10P. The number of anilines is 2.